The summed E-state index contributed by atoms with van der Waals surface area (Å²) in [6.45, 7) is 5.14. The number of alkyl halides is 1. The number of sulfone groups is 1. The zero-order valence-corrected chi connectivity index (χ0v) is 18.0. The Morgan fingerprint density at radius 1 is 1.14 bits per heavy atom. The summed E-state index contributed by atoms with van der Waals surface area (Å²) < 4.78 is 41.5. The predicted molar refractivity (Wildman–Crippen MR) is 110 cm³/mol. The molecule has 0 spiro atoms. The summed E-state index contributed by atoms with van der Waals surface area (Å²) in [5.74, 6) is 0.358. The minimum Gasteiger partial charge on any atom is -0.493 e. The zero-order valence-electron chi connectivity index (χ0n) is 15.6. The molecular formula is C20H20Cl2O6S. The number of ether oxygens (including phenoxy) is 3. The van der Waals surface area contributed by atoms with Gasteiger partial charge >= 0.3 is 5.97 Å². The largest absolute Gasteiger partial charge is 0.493 e. The lowest BCUT2D eigenvalue weighted by Crippen LogP contribution is -2.25. The molecule has 0 aliphatic heterocycles. The monoisotopic (exact) mass is 458 g/mol. The number of hydrogen-bond donors (Lipinski definition) is 0. The van der Waals surface area contributed by atoms with Gasteiger partial charge in [0.05, 0.1) is 27.3 Å². The third-order valence-corrected chi connectivity index (χ3v) is 6.05. The number of rotatable bonds is 10. The van der Waals surface area contributed by atoms with E-state index in [0.717, 1.165) is 0 Å². The minimum atomic E-state index is -3.77. The molecule has 0 fully saturated rings. The van der Waals surface area contributed by atoms with Crippen LogP contribution in [0.5, 0.6) is 11.5 Å². The molecule has 0 bridgehead atoms. The van der Waals surface area contributed by atoms with Gasteiger partial charge in [-0.15, -0.1) is 11.6 Å². The van der Waals surface area contributed by atoms with E-state index >= 15 is 0 Å². The first kappa shape index (κ1) is 23.3. The Morgan fingerprint density at radius 3 is 2.34 bits per heavy atom. The van der Waals surface area contributed by atoms with Crippen molar-refractivity contribution < 1.29 is 27.4 Å². The Balaban J connectivity index is 2.14. The van der Waals surface area contributed by atoms with Crippen LogP contribution in [0.2, 0.25) is 5.02 Å². The molecule has 2 aromatic carbocycles. The fourth-order valence-corrected chi connectivity index (χ4v) is 4.04. The van der Waals surface area contributed by atoms with Crippen LogP contribution in [-0.2, 0) is 19.4 Å². The van der Waals surface area contributed by atoms with Crippen molar-refractivity contribution in [2.75, 3.05) is 19.1 Å². The second kappa shape index (κ2) is 10.7. The molecule has 0 aliphatic carbocycles. The molecule has 0 saturated carbocycles. The first-order valence-electron chi connectivity index (χ1n) is 8.52. The molecule has 0 aromatic heterocycles. The predicted octanol–water partition coefficient (Wildman–Crippen LogP) is 4.14. The van der Waals surface area contributed by atoms with Crippen molar-refractivity contribution in [3.8, 4) is 11.5 Å². The lowest BCUT2D eigenvalue weighted by atomic mass is 10.3. The molecular weight excluding hydrogens is 439 g/mol. The summed E-state index contributed by atoms with van der Waals surface area (Å²) in [6.07, 6.45) is 0.952. The van der Waals surface area contributed by atoms with Gasteiger partial charge in [0.15, 0.2) is 0 Å². The van der Waals surface area contributed by atoms with Gasteiger partial charge in [-0.05, 0) is 55.8 Å². The summed E-state index contributed by atoms with van der Waals surface area (Å²) in [6, 6.07) is 10.2. The number of benzene rings is 2. The molecule has 2 radical (unpaired) electrons. The van der Waals surface area contributed by atoms with Gasteiger partial charge in [-0.3, -0.25) is 4.79 Å². The van der Waals surface area contributed by atoms with Crippen molar-refractivity contribution in [2.24, 2.45) is 0 Å². The van der Waals surface area contributed by atoms with Crippen LogP contribution in [0, 0.1) is 13.3 Å². The molecule has 156 valence electrons. The molecule has 29 heavy (non-hydrogen) atoms. The third-order valence-electron chi connectivity index (χ3n) is 3.64. The number of esters is 1. The third kappa shape index (κ3) is 6.52. The van der Waals surface area contributed by atoms with E-state index in [1.165, 1.54) is 37.3 Å². The average Bonchev–Trinajstić information content (AvgIpc) is 2.70. The average molecular weight is 459 g/mol. The summed E-state index contributed by atoms with van der Waals surface area (Å²) in [7, 11) is -3.77. The van der Waals surface area contributed by atoms with Crippen LogP contribution >= 0.6 is 23.2 Å². The first-order chi connectivity index (χ1) is 13.8. The van der Waals surface area contributed by atoms with Gasteiger partial charge in [0.2, 0.25) is 9.84 Å². The van der Waals surface area contributed by atoms with E-state index < -0.39 is 21.9 Å². The SMILES string of the molecule is [CH2][CH]COc1ccc(S(=O)(=O)c2ccc(OC[C@@H](CCl)OC(C)=O)c(Cl)c2)cc1. The molecule has 0 saturated heterocycles. The van der Waals surface area contributed by atoms with Crippen molar-refractivity contribution in [1.29, 1.82) is 0 Å². The maximum absolute atomic E-state index is 12.8. The van der Waals surface area contributed by atoms with Gasteiger partial charge in [-0.2, -0.15) is 0 Å². The molecule has 9 heteroatoms. The number of carbonyl (C=O) groups is 1. The number of hydrogen-bond acceptors (Lipinski definition) is 6. The maximum Gasteiger partial charge on any atom is 0.303 e. The fourth-order valence-electron chi connectivity index (χ4n) is 2.30. The van der Waals surface area contributed by atoms with Crippen LogP contribution in [0.25, 0.3) is 0 Å². The van der Waals surface area contributed by atoms with Crippen LogP contribution < -0.4 is 9.47 Å². The number of halogens is 2. The molecule has 6 nitrogen and oxygen atoms in total. The molecule has 0 heterocycles. The van der Waals surface area contributed by atoms with Gasteiger partial charge in [-0.25, -0.2) is 8.42 Å². The summed E-state index contributed by atoms with van der Waals surface area (Å²) in [5, 5.41) is 0.105. The van der Waals surface area contributed by atoms with Crippen LogP contribution in [0.15, 0.2) is 52.3 Å². The molecule has 2 aromatic rings. The Morgan fingerprint density at radius 2 is 1.79 bits per heavy atom. The lowest BCUT2D eigenvalue weighted by Gasteiger charge is -2.16. The van der Waals surface area contributed by atoms with Crippen molar-refractivity contribution in [1.82, 2.24) is 0 Å². The van der Waals surface area contributed by atoms with Crippen LogP contribution in [0.1, 0.15) is 6.92 Å². The highest BCUT2D eigenvalue weighted by Crippen LogP contribution is 2.31. The summed E-state index contributed by atoms with van der Waals surface area (Å²) in [5.41, 5.74) is 0. The maximum atomic E-state index is 12.8. The zero-order chi connectivity index (χ0) is 21.4. The summed E-state index contributed by atoms with van der Waals surface area (Å²) >= 11 is 11.9. The lowest BCUT2D eigenvalue weighted by molar-refractivity contribution is -0.146. The smallest absolute Gasteiger partial charge is 0.303 e. The van der Waals surface area contributed by atoms with E-state index in [-0.39, 0.29) is 33.0 Å². The normalized spacial score (nSPS) is 12.3. The van der Waals surface area contributed by atoms with Crippen LogP contribution in [-0.4, -0.2) is 39.6 Å². The molecule has 0 N–H and O–H groups in total. The fraction of sp³-hybridized carbons (Fsp3) is 0.250. The standard InChI is InChI=1S/C20H20Cl2O6S/c1-3-10-26-15-4-6-17(7-5-15)29(24,25)18-8-9-20(19(22)11-18)27-13-16(12-21)28-14(2)23/h3-9,11,16H,1,10,12-13H2,2H3/t16-/m1/s1. The van der Waals surface area contributed by atoms with Gasteiger partial charge < -0.3 is 14.2 Å². The van der Waals surface area contributed by atoms with Crippen LogP contribution in [0.3, 0.4) is 0 Å². The molecule has 2 rings (SSSR count). The highest BCUT2D eigenvalue weighted by Gasteiger charge is 2.20. The highest BCUT2D eigenvalue weighted by atomic mass is 35.5. The van der Waals surface area contributed by atoms with E-state index in [0.29, 0.717) is 12.4 Å². The number of carbonyl (C=O) groups excluding carboxylic acids is 1. The van der Waals surface area contributed by atoms with Crippen molar-refractivity contribution in [2.45, 2.75) is 22.8 Å². The van der Waals surface area contributed by atoms with Crippen molar-refractivity contribution in [3.05, 3.63) is 60.8 Å². The quantitative estimate of drug-likeness (QED) is 0.393. The van der Waals surface area contributed by atoms with Crippen LogP contribution in [0.4, 0.5) is 0 Å². The van der Waals surface area contributed by atoms with Crippen molar-refractivity contribution in [3.63, 3.8) is 0 Å². The molecule has 0 aliphatic rings. The van der Waals surface area contributed by atoms with E-state index in [4.69, 9.17) is 37.4 Å². The van der Waals surface area contributed by atoms with Gasteiger partial charge in [0.1, 0.15) is 24.2 Å². The van der Waals surface area contributed by atoms with E-state index in [9.17, 15) is 13.2 Å². The Hall–Kier alpha value is -1.96. The Labute approximate surface area is 180 Å². The van der Waals surface area contributed by atoms with Gasteiger partial charge in [0, 0.05) is 6.92 Å². The second-order valence-electron chi connectivity index (χ2n) is 5.86. The molecule has 0 unspecified atom stereocenters. The second-order valence-corrected chi connectivity index (χ2v) is 8.53. The Kier molecular flexibility index (Phi) is 8.61. The summed E-state index contributed by atoms with van der Waals surface area (Å²) in [4.78, 5) is 11.1. The topological polar surface area (TPSA) is 78.9 Å². The molecule has 0 amide bonds. The van der Waals surface area contributed by atoms with E-state index in [1.807, 2.05) is 0 Å². The van der Waals surface area contributed by atoms with E-state index in [2.05, 4.69) is 6.92 Å². The first-order valence-corrected chi connectivity index (χ1v) is 10.9. The van der Waals surface area contributed by atoms with Crippen molar-refractivity contribution >= 4 is 39.0 Å². The highest BCUT2D eigenvalue weighted by molar-refractivity contribution is 7.91. The minimum absolute atomic E-state index is 0.0128. The molecule has 1 atom stereocenters. The van der Waals surface area contributed by atoms with Gasteiger partial charge in [0.25, 0.3) is 0 Å². The Bertz CT molecular complexity index is 928. The van der Waals surface area contributed by atoms with Gasteiger partial charge in [-0.1, -0.05) is 11.6 Å². The van der Waals surface area contributed by atoms with E-state index in [1.54, 1.807) is 18.6 Å².